The molecule has 1 fully saturated rings. The molecule has 0 radical (unpaired) electrons. The summed E-state index contributed by atoms with van der Waals surface area (Å²) in [5.41, 5.74) is 2.26. The molecule has 0 amide bonds. The lowest BCUT2D eigenvalue weighted by molar-refractivity contribution is -0.139. The molecule has 4 rings (SSSR count). The summed E-state index contributed by atoms with van der Waals surface area (Å²) < 4.78 is 5.72. The first-order chi connectivity index (χ1) is 19.8. The predicted octanol–water partition coefficient (Wildman–Crippen LogP) is 8.48. The molecule has 0 atom stereocenters. The number of hydrogen-bond donors (Lipinski definition) is 1. The molecule has 2 aromatic rings. The summed E-state index contributed by atoms with van der Waals surface area (Å²) in [6, 6.07) is 14.7. The van der Waals surface area contributed by atoms with Crippen molar-refractivity contribution in [2.24, 2.45) is 5.92 Å². The second-order valence-corrected chi connectivity index (χ2v) is 11.7. The highest BCUT2D eigenvalue weighted by molar-refractivity contribution is 6.30. The Morgan fingerprint density at radius 3 is 1.80 bits per heavy atom. The molecule has 2 aliphatic carbocycles. The average Bonchev–Trinajstić information content (AvgIpc) is 2.97. The van der Waals surface area contributed by atoms with Gasteiger partial charge in [-0.2, -0.15) is 0 Å². The summed E-state index contributed by atoms with van der Waals surface area (Å²) in [5, 5.41) is 9.39. The van der Waals surface area contributed by atoms with Crippen LogP contribution in [0.5, 0.6) is 0 Å². The summed E-state index contributed by atoms with van der Waals surface area (Å²) >= 11 is 6.05. The van der Waals surface area contributed by atoms with Crippen molar-refractivity contribution in [1.82, 2.24) is 0 Å². The van der Waals surface area contributed by atoms with Crippen LogP contribution in [0.3, 0.4) is 0 Å². The maximum atomic E-state index is 13.7. The van der Waals surface area contributed by atoms with Crippen molar-refractivity contribution in [3.05, 3.63) is 81.6 Å². The van der Waals surface area contributed by atoms with Gasteiger partial charge in [0.2, 0.25) is 5.78 Å². The van der Waals surface area contributed by atoms with Gasteiger partial charge in [-0.15, -0.1) is 0 Å². The molecule has 218 valence electrons. The minimum Gasteiger partial charge on any atom is -0.481 e. The van der Waals surface area contributed by atoms with Gasteiger partial charge in [0.25, 0.3) is 0 Å². The SMILES string of the molecule is O=C(O)CCCCCCCCCCC(=O)OC1=C(C2CCC(c3ccc(Cl)cc3)CC2)C(=O)c2ccccc2C1=O. The lowest BCUT2D eigenvalue weighted by Gasteiger charge is -2.32. The first kappa shape index (κ1) is 30.7. The number of esters is 1. The summed E-state index contributed by atoms with van der Waals surface area (Å²) in [5.74, 6) is -1.66. The lowest BCUT2D eigenvalue weighted by Crippen LogP contribution is -2.30. The Morgan fingerprint density at radius 1 is 0.707 bits per heavy atom. The number of halogens is 1. The number of carbonyl (C=O) groups is 4. The van der Waals surface area contributed by atoms with Gasteiger partial charge in [-0.3, -0.25) is 19.2 Å². The molecule has 0 bridgehead atoms. The highest BCUT2D eigenvalue weighted by Gasteiger charge is 2.39. The predicted molar refractivity (Wildman–Crippen MR) is 158 cm³/mol. The number of carboxylic acid groups (broad SMARTS) is 1. The van der Waals surface area contributed by atoms with Crippen molar-refractivity contribution in [3.8, 4) is 0 Å². The van der Waals surface area contributed by atoms with Gasteiger partial charge in [-0.25, -0.2) is 0 Å². The molecule has 41 heavy (non-hydrogen) atoms. The van der Waals surface area contributed by atoms with Gasteiger partial charge >= 0.3 is 11.9 Å². The van der Waals surface area contributed by atoms with Crippen molar-refractivity contribution < 1.29 is 29.0 Å². The molecule has 0 aliphatic heterocycles. The van der Waals surface area contributed by atoms with Crippen molar-refractivity contribution in [2.75, 3.05) is 0 Å². The first-order valence-corrected chi connectivity index (χ1v) is 15.3. The van der Waals surface area contributed by atoms with E-state index in [4.69, 9.17) is 21.4 Å². The highest BCUT2D eigenvalue weighted by atomic mass is 35.5. The van der Waals surface area contributed by atoms with E-state index in [-0.39, 0.29) is 36.1 Å². The van der Waals surface area contributed by atoms with E-state index >= 15 is 0 Å². The molecule has 7 heteroatoms. The van der Waals surface area contributed by atoms with Crippen molar-refractivity contribution in [2.45, 2.75) is 95.8 Å². The summed E-state index contributed by atoms with van der Waals surface area (Å²) in [7, 11) is 0. The molecule has 2 aliphatic rings. The normalized spacial score (nSPS) is 18.8. The van der Waals surface area contributed by atoms with E-state index in [0.717, 1.165) is 64.2 Å². The number of Topliss-reactive ketones (excluding diaryl/α,β-unsaturated/α-hetero) is 2. The number of hydrogen-bond acceptors (Lipinski definition) is 5. The molecular weight excluding hydrogens is 540 g/mol. The summed E-state index contributed by atoms with van der Waals surface area (Å²) in [6.45, 7) is 0. The van der Waals surface area contributed by atoms with E-state index < -0.39 is 11.9 Å². The molecule has 1 saturated carbocycles. The molecule has 0 spiro atoms. The monoisotopic (exact) mass is 578 g/mol. The van der Waals surface area contributed by atoms with Crippen LogP contribution in [0.25, 0.3) is 0 Å². The Labute approximate surface area is 247 Å². The molecule has 0 saturated heterocycles. The Kier molecular flexibility index (Phi) is 11.3. The number of ketones is 2. The van der Waals surface area contributed by atoms with E-state index in [0.29, 0.717) is 40.5 Å². The fraction of sp³-hybridized carbons (Fsp3) is 0.471. The highest BCUT2D eigenvalue weighted by Crippen LogP contribution is 2.42. The average molecular weight is 579 g/mol. The van der Waals surface area contributed by atoms with Crippen molar-refractivity contribution >= 4 is 35.1 Å². The van der Waals surface area contributed by atoms with Gasteiger partial charge in [0.05, 0.1) is 5.57 Å². The van der Waals surface area contributed by atoms with Crippen molar-refractivity contribution in [1.29, 1.82) is 0 Å². The molecule has 0 heterocycles. The van der Waals surface area contributed by atoms with E-state index in [2.05, 4.69) is 0 Å². The molecule has 6 nitrogen and oxygen atoms in total. The molecule has 0 aromatic heterocycles. The van der Waals surface area contributed by atoms with E-state index in [9.17, 15) is 19.2 Å². The van der Waals surface area contributed by atoms with Crippen LogP contribution in [0.4, 0.5) is 0 Å². The van der Waals surface area contributed by atoms with Crippen LogP contribution in [0.15, 0.2) is 59.9 Å². The number of allylic oxidation sites excluding steroid dienone is 2. The van der Waals surface area contributed by atoms with Crippen LogP contribution in [-0.4, -0.2) is 28.6 Å². The zero-order chi connectivity index (χ0) is 29.2. The molecule has 0 unspecified atom stereocenters. The minimum absolute atomic E-state index is 0.0741. The number of carbonyl (C=O) groups excluding carboxylic acids is 3. The fourth-order valence-corrected chi connectivity index (χ4v) is 6.19. The van der Waals surface area contributed by atoms with Crippen LogP contribution < -0.4 is 0 Å². The number of ether oxygens (including phenoxy) is 1. The maximum Gasteiger partial charge on any atom is 0.311 e. The zero-order valence-electron chi connectivity index (χ0n) is 23.5. The molecular formula is C34H39ClO6. The summed E-state index contributed by atoms with van der Waals surface area (Å²) in [6.07, 6.45) is 10.9. The Hall–Kier alpha value is -3.25. The Bertz CT molecular complexity index is 1270. The van der Waals surface area contributed by atoms with Gasteiger partial charge in [0.15, 0.2) is 11.5 Å². The topological polar surface area (TPSA) is 97.7 Å². The quantitative estimate of drug-likeness (QED) is 0.178. The van der Waals surface area contributed by atoms with E-state index in [1.54, 1.807) is 24.3 Å². The van der Waals surface area contributed by atoms with Gasteiger partial charge < -0.3 is 9.84 Å². The third-order valence-electron chi connectivity index (χ3n) is 8.33. The molecule has 2 aromatic carbocycles. The van der Waals surface area contributed by atoms with Crippen LogP contribution in [0.2, 0.25) is 5.02 Å². The lowest BCUT2D eigenvalue weighted by atomic mass is 9.72. The third-order valence-corrected chi connectivity index (χ3v) is 8.58. The number of aliphatic carboxylic acids is 1. The van der Waals surface area contributed by atoms with Crippen molar-refractivity contribution in [3.63, 3.8) is 0 Å². The second-order valence-electron chi connectivity index (χ2n) is 11.2. The number of fused-ring (bicyclic) bond motifs is 1. The number of rotatable bonds is 14. The third kappa shape index (κ3) is 8.38. The fourth-order valence-electron chi connectivity index (χ4n) is 6.07. The number of carboxylic acids is 1. The van der Waals surface area contributed by atoms with E-state index in [1.807, 2.05) is 24.3 Å². The van der Waals surface area contributed by atoms with Crippen LogP contribution in [0, 0.1) is 5.92 Å². The number of unbranched alkanes of at least 4 members (excludes halogenated alkanes) is 7. The van der Waals surface area contributed by atoms with Gasteiger partial charge in [0, 0.05) is 29.0 Å². The van der Waals surface area contributed by atoms with Gasteiger partial charge in [-0.1, -0.05) is 86.5 Å². The Balaban J connectivity index is 1.34. The van der Waals surface area contributed by atoms with Crippen LogP contribution >= 0.6 is 11.6 Å². The molecule has 1 N–H and O–H groups in total. The Morgan fingerprint density at radius 2 is 1.22 bits per heavy atom. The van der Waals surface area contributed by atoms with Gasteiger partial charge in [0.1, 0.15) is 0 Å². The minimum atomic E-state index is -0.746. The zero-order valence-corrected chi connectivity index (χ0v) is 24.3. The second kappa shape index (κ2) is 15.1. The van der Waals surface area contributed by atoms with E-state index in [1.165, 1.54) is 5.56 Å². The van der Waals surface area contributed by atoms with Crippen LogP contribution in [-0.2, 0) is 14.3 Å². The largest absolute Gasteiger partial charge is 0.481 e. The first-order valence-electron chi connectivity index (χ1n) is 15.0. The van der Waals surface area contributed by atoms with Crippen LogP contribution in [0.1, 0.15) is 122 Å². The smallest absolute Gasteiger partial charge is 0.311 e. The maximum absolute atomic E-state index is 13.7. The number of benzene rings is 2. The summed E-state index contributed by atoms with van der Waals surface area (Å²) in [4.78, 5) is 50.6. The van der Waals surface area contributed by atoms with Gasteiger partial charge in [-0.05, 0) is 68.1 Å². The standard InChI is InChI=1S/C34H39ClO6/c35-26-21-19-24(20-22-26)23-15-17-25(18-16-23)31-32(39)27-11-9-10-12-28(27)33(40)34(31)41-30(38)14-8-6-4-2-1-3-5-7-13-29(36)37/h9-12,19-23,25H,1-8,13-18H2,(H,36,37).